The zero-order valence-electron chi connectivity index (χ0n) is 45.7. The highest BCUT2D eigenvalue weighted by atomic mass is 16.6. The lowest BCUT2D eigenvalue weighted by atomic mass is 10.0. The van der Waals surface area contributed by atoms with Crippen molar-refractivity contribution in [3.63, 3.8) is 0 Å². The molecule has 0 fully saturated rings. The van der Waals surface area contributed by atoms with Crippen molar-refractivity contribution in [2.24, 2.45) is 0 Å². The average Bonchev–Trinajstić information content (AvgIpc) is 3.36. The SMILES string of the molecule is CC/C=C\C/C=C\C/C=C\C/C=C\C/C=C\C/C=C\C/C=C\C/C=C\CCCCCCCCCCCCC(=O)OC(CO)COC(=O)CCCCCCCCCCC/C=C\CCCCCCCCCC. The van der Waals surface area contributed by atoms with E-state index in [1.54, 1.807) is 0 Å². The molecule has 1 unspecified atom stereocenters. The maximum absolute atomic E-state index is 12.3. The zero-order valence-corrected chi connectivity index (χ0v) is 45.7. The van der Waals surface area contributed by atoms with Crippen molar-refractivity contribution in [3.8, 4) is 0 Å². The third-order valence-corrected chi connectivity index (χ3v) is 12.6. The number of ether oxygens (including phenoxy) is 2. The number of allylic oxidation sites excluding steroid dienone is 18. The molecule has 5 heteroatoms. The van der Waals surface area contributed by atoms with Gasteiger partial charge in [-0.05, 0) is 103 Å². The number of esters is 2. The molecule has 1 N–H and O–H groups in total. The van der Waals surface area contributed by atoms with Gasteiger partial charge in [0.1, 0.15) is 6.61 Å². The third kappa shape index (κ3) is 57.1. The Morgan fingerprint density at radius 3 is 0.943 bits per heavy atom. The molecule has 0 amide bonds. The molecule has 0 radical (unpaired) electrons. The number of carbonyl (C=O) groups excluding carboxylic acids is 2. The van der Waals surface area contributed by atoms with Crippen LogP contribution in [0.15, 0.2) is 109 Å². The molecule has 0 bridgehead atoms. The van der Waals surface area contributed by atoms with Crippen molar-refractivity contribution in [2.75, 3.05) is 13.2 Å². The van der Waals surface area contributed by atoms with E-state index in [0.29, 0.717) is 12.8 Å². The quantitative estimate of drug-likeness (QED) is 0.0373. The molecule has 0 spiro atoms. The second-order valence-corrected chi connectivity index (χ2v) is 19.3. The number of carbonyl (C=O) groups is 2. The number of hydrogen-bond acceptors (Lipinski definition) is 5. The number of aliphatic hydroxyl groups is 1. The van der Waals surface area contributed by atoms with Gasteiger partial charge in [0.05, 0.1) is 6.61 Å². The van der Waals surface area contributed by atoms with Gasteiger partial charge in [0.25, 0.3) is 0 Å². The minimum Gasteiger partial charge on any atom is -0.462 e. The Kier molecular flexibility index (Phi) is 56.9. The van der Waals surface area contributed by atoms with Crippen LogP contribution in [0.25, 0.3) is 0 Å². The summed E-state index contributed by atoms with van der Waals surface area (Å²) >= 11 is 0. The molecule has 0 heterocycles. The van der Waals surface area contributed by atoms with Crippen molar-refractivity contribution in [1.82, 2.24) is 0 Å². The number of rotatable bonds is 53. The Morgan fingerprint density at radius 2 is 0.614 bits per heavy atom. The second kappa shape index (κ2) is 59.9. The van der Waals surface area contributed by atoms with E-state index < -0.39 is 6.10 Å². The van der Waals surface area contributed by atoms with E-state index in [-0.39, 0.29) is 25.2 Å². The van der Waals surface area contributed by atoms with E-state index in [2.05, 4.69) is 123 Å². The van der Waals surface area contributed by atoms with Crippen molar-refractivity contribution in [3.05, 3.63) is 109 Å². The van der Waals surface area contributed by atoms with Crippen LogP contribution in [0.3, 0.4) is 0 Å². The van der Waals surface area contributed by atoms with E-state index in [1.807, 2.05) is 0 Å². The van der Waals surface area contributed by atoms with Gasteiger partial charge in [0.2, 0.25) is 0 Å². The molecule has 0 aliphatic heterocycles. The number of unbranched alkanes of at least 4 members (excludes halogenated alkanes) is 27. The Balaban J connectivity index is 3.55. The summed E-state index contributed by atoms with van der Waals surface area (Å²) in [5, 5.41) is 9.66. The average molecular weight is 972 g/mol. The van der Waals surface area contributed by atoms with E-state index in [9.17, 15) is 14.7 Å². The maximum Gasteiger partial charge on any atom is 0.306 e. The smallest absolute Gasteiger partial charge is 0.306 e. The number of aliphatic hydroxyl groups excluding tert-OH is 1. The van der Waals surface area contributed by atoms with Crippen molar-refractivity contribution in [1.29, 1.82) is 0 Å². The van der Waals surface area contributed by atoms with Gasteiger partial charge in [-0.15, -0.1) is 0 Å². The highest BCUT2D eigenvalue weighted by Crippen LogP contribution is 2.15. The van der Waals surface area contributed by atoms with Gasteiger partial charge < -0.3 is 14.6 Å². The first-order chi connectivity index (χ1) is 34.6. The van der Waals surface area contributed by atoms with Crippen molar-refractivity contribution in [2.45, 2.75) is 277 Å². The molecule has 0 aromatic heterocycles. The summed E-state index contributed by atoms with van der Waals surface area (Å²) in [6, 6.07) is 0. The number of hydrogen-bond donors (Lipinski definition) is 1. The van der Waals surface area contributed by atoms with Gasteiger partial charge >= 0.3 is 11.9 Å². The maximum atomic E-state index is 12.3. The Morgan fingerprint density at radius 1 is 0.343 bits per heavy atom. The van der Waals surface area contributed by atoms with Gasteiger partial charge in [0, 0.05) is 12.8 Å². The van der Waals surface area contributed by atoms with Crippen molar-refractivity contribution < 1.29 is 24.2 Å². The molecule has 0 aromatic rings. The minimum atomic E-state index is -0.782. The third-order valence-electron chi connectivity index (χ3n) is 12.6. The molecule has 0 aliphatic rings. The fourth-order valence-corrected chi connectivity index (χ4v) is 8.15. The summed E-state index contributed by atoms with van der Waals surface area (Å²) in [5.41, 5.74) is 0. The second-order valence-electron chi connectivity index (χ2n) is 19.3. The predicted molar refractivity (Wildman–Crippen MR) is 306 cm³/mol. The van der Waals surface area contributed by atoms with Crippen LogP contribution in [-0.4, -0.2) is 36.4 Å². The lowest BCUT2D eigenvalue weighted by molar-refractivity contribution is -0.161. The summed E-state index contributed by atoms with van der Waals surface area (Å²) in [5.74, 6) is -0.596. The van der Waals surface area contributed by atoms with Crippen LogP contribution in [0.2, 0.25) is 0 Å². The Bertz CT molecular complexity index is 1380. The molecule has 1 atom stereocenters. The summed E-state index contributed by atoms with van der Waals surface area (Å²) in [6.07, 6.45) is 86.3. The van der Waals surface area contributed by atoms with E-state index >= 15 is 0 Å². The van der Waals surface area contributed by atoms with Crippen LogP contribution >= 0.6 is 0 Å². The van der Waals surface area contributed by atoms with E-state index in [4.69, 9.17) is 9.47 Å². The lowest BCUT2D eigenvalue weighted by Gasteiger charge is -2.15. The standard InChI is InChI=1S/C65H110O5/c1-3-5-7-9-11-13-15-17-19-21-23-25-26-27-28-29-30-31-32-33-34-35-36-37-38-40-42-44-46-48-50-52-54-56-58-60-65(68)70-63(61-66)62-69-64(67)59-57-55-53-51-49-47-45-43-41-39-24-22-20-18-16-14-12-10-8-6-4-2/h5,7,11,13,17,19,22-25,27-28,30-31,33-34,36-37,63,66H,3-4,6,8-10,12,14-16,18,20-21,26,29,32,35,38-62H2,1-2H3/b7-5-,13-11-,19-17-,24-22-,25-23-,28-27-,31-30-,34-33-,37-36-. The Hall–Kier alpha value is -3.44. The summed E-state index contributed by atoms with van der Waals surface area (Å²) in [7, 11) is 0. The van der Waals surface area contributed by atoms with Crippen LogP contribution in [0.1, 0.15) is 271 Å². The first kappa shape index (κ1) is 66.6. The Labute approximate surface area is 433 Å². The van der Waals surface area contributed by atoms with Crippen LogP contribution < -0.4 is 0 Å². The first-order valence-electron chi connectivity index (χ1n) is 29.4. The lowest BCUT2D eigenvalue weighted by Crippen LogP contribution is -2.28. The minimum absolute atomic E-state index is 0.0722. The fourth-order valence-electron chi connectivity index (χ4n) is 8.15. The van der Waals surface area contributed by atoms with Gasteiger partial charge in [-0.25, -0.2) is 0 Å². The molecule has 0 saturated carbocycles. The van der Waals surface area contributed by atoms with Crippen LogP contribution in [0.4, 0.5) is 0 Å². The summed E-state index contributed by atoms with van der Waals surface area (Å²) < 4.78 is 10.7. The van der Waals surface area contributed by atoms with Gasteiger partial charge in [-0.2, -0.15) is 0 Å². The molecule has 5 nitrogen and oxygen atoms in total. The first-order valence-corrected chi connectivity index (χ1v) is 29.4. The molecule has 0 aromatic carbocycles. The van der Waals surface area contributed by atoms with Crippen LogP contribution in [-0.2, 0) is 19.1 Å². The van der Waals surface area contributed by atoms with E-state index in [0.717, 1.165) is 89.9 Å². The largest absolute Gasteiger partial charge is 0.462 e. The van der Waals surface area contributed by atoms with Gasteiger partial charge in [0.15, 0.2) is 6.10 Å². The monoisotopic (exact) mass is 971 g/mol. The van der Waals surface area contributed by atoms with E-state index in [1.165, 1.54) is 154 Å². The normalized spacial score (nSPS) is 13.0. The summed E-state index contributed by atoms with van der Waals surface area (Å²) in [6.45, 7) is 4.04. The molecule has 400 valence electrons. The predicted octanol–water partition coefficient (Wildman–Crippen LogP) is 20.1. The van der Waals surface area contributed by atoms with Gasteiger partial charge in [-0.3, -0.25) is 9.59 Å². The molecular weight excluding hydrogens is 861 g/mol. The zero-order chi connectivity index (χ0) is 50.6. The highest BCUT2D eigenvalue weighted by molar-refractivity contribution is 5.70. The fraction of sp³-hybridized carbons (Fsp3) is 0.692. The molecule has 0 aliphatic carbocycles. The van der Waals surface area contributed by atoms with Crippen molar-refractivity contribution >= 4 is 11.9 Å². The molecular formula is C65H110O5. The molecule has 70 heavy (non-hydrogen) atoms. The molecule has 0 saturated heterocycles. The summed E-state index contributed by atoms with van der Waals surface area (Å²) in [4.78, 5) is 24.5. The van der Waals surface area contributed by atoms with Crippen LogP contribution in [0, 0.1) is 0 Å². The molecule has 0 rings (SSSR count). The topological polar surface area (TPSA) is 72.8 Å². The highest BCUT2D eigenvalue weighted by Gasteiger charge is 2.16. The van der Waals surface area contributed by atoms with Crippen LogP contribution in [0.5, 0.6) is 0 Å². The van der Waals surface area contributed by atoms with Gasteiger partial charge in [-0.1, -0.05) is 264 Å².